The second kappa shape index (κ2) is 6.79. The van der Waals surface area contributed by atoms with Crippen molar-refractivity contribution >= 4 is 17.5 Å². The number of carbonyl (C=O) groups excluding carboxylic acids is 1. The Morgan fingerprint density at radius 2 is 1.83 bits per heavy atom. The van der Waals surface area contributed by atoms with Crippen LogP contribution in [0.5, 0.6) is 0 Å². The molecule has 0 unspecified atom stereocenters. The van der Waals surface area contributed by atoms with Gasteiger partial charge in [-0.3, -0.25) is 9.20 Å². The first-order chi connectivity index (χ1) is 11.8. The monoisotopic (exact) mass is 327 g/mol. The van der Waals surface area contributed by atoms with Gasteiger partial charge in [0.1, 0.15) is 0 Å². The van der Waals surface area contributed by atoms with Crippen molar-refractivity contribution in [2.75, 3.05) is 31.1 Å². The van der Waals surface area contributed by atoms with Crippen molar-refractivity contribution in [2.24, 2.45) is 5.92 Å². The maximum absolute atomic E-state index is 12.9. The molecule has 2 aliphatic rings. The molecule has 0 spiro atoms. The van der Waals surface area contributed by atoms with Crippen molar-refractivity contribution in [2.45, 2.75) is 38.5 Å². The lowest BCUT2D eigenvalue weighted by atomic mass is 9.96. The highest BCUT2D eigenvalue weighted by molar-refractivity contribution is 5.79. The molecule has 24 heavy (non-hydrogen) atoms. The number of likely N-dealkylation sites (tertiary alicyclic amines) is 1. The molecule has 1 atom stereocenters. The SMILES string of the molecule is O=C([C@@H]1CCCN(c2nnc3ccccn23)C1)N1CCCCCC1. The topological polar surface area (TPSA) is 53.7 Å². The van der Waals surface area contributed by atoms with Gasteiger partial charge in [-0.05, 0) is 37.8 Å². The van der Waals surface area contributed by atoms with Crippen LogP contribution in [0.3, 0.4) is 0 Å². The Bertz CT molecular complexity index is 704. The number of hydrogen-bond acceptors (Lipinski definition) is 4. The van der Waals surface area contributed by atoms with Crippen LogP contribution >= 0.6 is 0 Å². The molecule has 0 bridgehead atoms. The molecule has 0 radical (unpaired) electrons. The molecule has 2 aromatic rings. The van der Waals surface area contributed by atoms with Crippen molar-refractivity contribution in [1.82, 2.24) is 19.5 Å². The summed E-state index contributed by atoms with van der Waals surface area (Å²) < 4.78 is 2.01. The van der Waals surface area contributed by atoms with Crippen molar-refractivity contribution < 1.29 is 4.79 Å². The number of carbonyl (C=O) groups is 1. The first-order valence-corrected chi connectivity index (χ1v) is 9.16. The molecule has 0 N–H and O–H groups in total. The molecule has 6 nitrogen and oxygen atoms in total. The number of rotatable bonds is 2. The molecule has 2 aromatic heterocycles. The Kier molecular flexibility index (Phi) is 4.36. The summed E-state index contributed by atoms with van der Waals surface area (Å²) in [5.74, 6) is 1.29. The summed E-state index contributed by atoms with van der Waals surface area (Å²) >= 11 is 0. The largest absolute Gasteiger partial charge is 0.342 e. The zero-order valence-corrected chi connectivity index (χ0v) is 14.1. The van der Waals surface area contributed by atoms with Gasteiger partial charge in [-0.1, -0.05) is 18.9 Å². The highest BCUT2D eigenvalue weighted by Crippen LogP contribution is 2.24. The first-order valence-electron chi connectivity index (χ1n) is 9.16. The van der Waals surface area contributed by atoms with Gasteiger partial charge in [0.2, 0.25) is 11.9 Å². The van der Waals surface area contributed by atoms with Crippen molar-refractivity contribution in [3.8, 4) is 0 Å². The van der Waals surface area contributed by atoms with Gasteiger partial charge in [-0.25, -0.2) is 0 Å². The van der Waals surface area contributed by atoms with Crippen molar-refractivity contribution in [3.05, 3.63) is 24.4 Å². The number of fused-ring (bicyclic) bond motifs is 1. The first kappa shape index (κ1) is 15.4. The number of aromatic nitrogens is 3. The molecule has 6 heteroatoms. The van der Waals surface area contributed by atoms with Gasteiger partial charge in [0.25, 0.3) is 0 Å². The minimum Gasteiger partial charge on any atom is -0.342 e. The third-order valence-electron chi connectivity index (χ3n) is 5.27. The van der Waals surface area contributed by atoms with Gasteiger partial charge in [0.15, 0.2) is 5.65 Å². The highest BCUT2D eigenvalue weighted by atomic mass is 16.2. The maximum atomic E-state index is 12.9. The van der Waals surface area contributed by atoms with E-state index in [1.54, 1.807) is 0 Å². The Hall–Kier alpha value is -2.11. The average Bonchev–Trinajstić information content (AvgIpc) is 2.87. The van der Waals surface area contributed by atoms with E-state index >= 15 is 0 Å². The van der Waals surface area contributed by atoms with Crippen LogP contribution in [0.4, 0.5) is 5.95 Å². The molecule has 4 rings (SSSR count). The summed E-state index contributed by atoms with van der Waals surface area (Å²) in [6, 6.07) is 5.92. The molecule has 1 amide bonds. The Morgan fingerprint density at radius 3 is 2.67 bits per heavy atom. The van der Waals surface area contributed by atoms with Crippen LogP contribution in [0.25, 0.3) is 5.65 Å². The van der Waals surface area contributed by atoms with Crippen LogP contribution in [0.15, 0.2) is 24.4 Å². The zero-order valence-electron chi connectivity index (χ0n) is 14.1. The second-order valence-electron chi connectivity index (χ2n) is 6.95. The van der Waals surface area contributed by atoms with Gasteiger partial charge in [0.05, 0.1) is 5.92 Å². The molecular weight excluding hydrogens is 302 g/mol. The minimum absolute atomic E-state index is 0.0907. The highest BCUT2D eigenvalue weighted by Gasteiger charge is 2.31. The van der Waals surface area contributed by atoms with Crippen LogP contribution in [-0.4, -0.2) is 51.6 Å². The van der Waals surface area contributed by atoms with Gasteiger partial charge >= 0.3 is 0 Å². The molecule has 2 saturated heterocycles. The summed E-state index contributed by atoms with van der Waals surface area (Å²) in [7, 11) is 0. The lowest BCUT2D eigenvalue weighted by Crippen LogP contribution is -2.45. The van der Waals surface area contributed by atoms with Crippen LogP contribution in [-0.2, 0) is 4.79 Å². The Morgan fingerprint density at radius 1 is 1.00 bits per heavy atom. The second-order valence-corrected chi connectivity index (χ2v) is 6.95. The predicted molar refractivity (Wildman–Crippen MR) is 93.0 cm³/mol. The summed E-state index contributed by atoms with van der Waals surface area (Å²) in [5.41, 5.74) is 0.855. The quantitative estimate of drug-likeness (QED) is 0.850. The van der Waals surface area contributed by atoms with Gasteiger partial charge in [0, 0.05) is 32.4 Å². The fourth-order valence-corrected chi connectivity index (χ4v) is 3.95. The summed E-state index contributed by atoms with van der Waals surface area (Å²) in [6.45, 7) is 3.57. The molecule has 0 aliphatic carbocycles. The molecule has 0 saturated carbocycles. The maximum Gasteiger partial charge on any atom is 0.231 e. The summed E-state index contributed by atoms with van der Waals surface area (Å²) in [6.07, 6.45) is 8.83. The van der Waals surface area contributed by atoms with Crippen LogP contribution in [0, 0.1) is 5.92 Å². The van der Waals surface area contributed by atoms with Crippen molar-refractivity contribution in [3.63, 3.8) is 0 Å². The van der Waals surface area contributed by atoms with Gasteiger partial charge in [-0.15, -0.1) is 10.2 Å². The van der Waals surface area contributed by atoms with Gasteiger partial charge in [-0.2, -0.15) is 0 Å². The van der Waals surface area contributed by atoms with E-state index in [-0.39, 0.29) is 5.92 Å². The third kappa shape index (κ3) is 2.97. The van der Waals surface area contributed by atoms with Gasteiger partial charge < -0.3 is 9.80 Å². The van der Waals surface area contributed by atoms with E-state index in [9.17, 15) is 4.79 Å². The molecule has 128 valence electrons. The summed E-state index contributed by atoms with van der Waals surface area (Å²) in [4.78, 5) is 17.3. The average molecular weight is 327 g/mol. The summed E-state index contributed by atoms with van der Waals surface area (Å²) in [5, 5.41) is 8.60. The van der Waals surface area contributed by atoms with E-state index in [4.69, 9.17) is 0 Å². The Balaban J connectivity index is 1.50. The molecule has 2 aliphatic heterocycles. The van der Waals surface area contributed by atoms with Crippen molar-refractivity contribution in [1.29, 1.82) is 0 Å². The number of nitrogens with zero attached hydrogens (tertiary/aromatic N) is 5. The van der Waals surface area contributed by atoms with Crippen LogP contribution in [0.2, 0.25) is 0 Å². The van der Waals surface area contributed by atoms with E-state index in [0.29, 0.717) is 5.91 Å². The zero-order chi connectivity index (χ0) is 16.4. The number of anilines is 1. The lowest BCUT2D eigenvalue weighted by Gasteiger charge is -2.34. The van der Waals surface area contributed by atoms with Crippen LogP contribution in [0.1, 0.15) is 38.5 Å². The fourth-order valence-electron chi connectivity index (χ4n) is 3.95. The molecule has 2 fully saturated rings. The standard InChI is InChI=1S/C18H25N5O/c24-17(21-10-4-1-2-5-11-21)15-8-7-12-22(14-15)18-20-19-16-9-3-6-13-23(16)18/h3,6,9,13,15H,1-2,4-5,7-8,10-12,14H2/t15-/m1/s1. The fraction of sp³-hybridized carbons (Fsp3) is 0.611. The van der Waals surface area contributed by atoms with E-state index in [1.807, 2.05) is 28.8 Å². The molecule has 4 heterocycles. The Labute approximate surface area is 142 Å². The van der Waals surface area contributed by atoms with E-state index in [0.717, 1.165) is 63.5 Å². The predicted octanol–water partition coefficient (Wildman–Crippen LogP) is 2.35. The molecule has 0 aromatic carbocycles. The minimum atomic E-state index is 0.0907. The van der Waals surface area contributed by atoms with E-state index < -0.39 is 0 Å². The third-order valence-corrected chi connectivity index (χ3v) is 5.27. The number of amides is 1. The number of piperidine rings is 1. The van der Waals surface area contributed by atoms with E-state index in [1.165, 1.54) is 12.8 Å². The lowest BCUT2D eigenvalue weighted by molar-refractivity contribution is -0.135. The smallest absolute Gasteiger partial charge is 0.231 e. The molecular formula is C18H25N5O. The van der Waals surface area contributed by atoms with E-state index in [2.05, 4.69) is 20.0 Å². The van der Waals surface area contributed by atoms with Crippen LogP contribution < -0.4 is 4.90 Å². The number of hydrogen-bond donors (Lipinski definition) is 0. The number of pyridine rings is 1. The normalized spacial score (nSPS) is 22.6.